The zero-order valence-corrected chi connectivity index (χ0v) is 11.0. The minimum Gasteiger partial charge on any atom is -0.366 e. The Hall–Kier alpha value is -0.690. The van der Waals surface area contributed by atoms with Gasteiger partial charge in [0.1, 0.15) is 22.0 Å². The first kappa shape index (κ1) is 11.8. The second kappa shape index (κ2) is 4.67. The van der Waals surface area contributed by atoms with E-state index >= 15 is 0 Å². The van der Waals surface area contributed by atoms with Crippen molar-refractivity contribution in [1.82, 2.24) is 9.97 Å². The molecule has 2 rings (SSSR count). The number of rotatable bonds is 2. The van der Waals surface area contributed by atoms with Crippen LogP contribution in [0.25, 0.3) is 0 Å². The lowest BCUT2D eigenvalue weighted by atomic mass is 10.1. The number of aromatic nitrogens is 2. The smallest absolute Gasteiger partial charge is 0.150 e. The summed E-state index contributed by atoms with van der Waals surface area (Å²) in [5.41, 5.74) is 0. The predicted molar refractivity (Wildman–Crippen MR) is 65.0 cm³/mol. The summed E-state index contributed by atoms with van der Waals surface area (Å²) in [5.74, 6) is 1.24. The molecule has 2 heterocycles. The van der Waals surface area contributed by atoms with Gasteiger partial charge in [0.2, 0.25) is 0 Å². The van der Waals surface area contributed by atoms with Crippen LogP contribution in [0.4, 0.5) is 5.82 Å². The molecule has 1 aromatic heterocycles. The molecule has 0 spiro atoms. The van der Waals surface area contributed by atoms with Crippen molar-refractivity contribution in [1.29, 1.82) is 0 Å². The van der Waals surface area contributed by atoms with Crippen molar-refractivity contribution in [2.45, 2.75) is 18.9 Å². The number of nitrogens with one attached hydrogen (secondary N) is 1. The summed E-state index contributed by atoms with van der Waals surface area (Å²) in [6, 6.07) is 0.176. The Labute approximate surface area is 103 Å². The number of hydrogen-bond donors (Lipinski definition) is 1. The zero-order chi connectivity index (χ0) is 11.6. The normalized spacial score (nSPS) is 20.6. The SMILES string of the molecule is O=S1(=O)CCC(Nc2ncncc2Br)CC1. The number of nitrogens with zero attached hydrogens (tertiary/aromatic N) is 2. The Balaban J connectivity index is 2.00. The van der Waals surface area contributed by atoms with Crippen molar-refractivity contribution in [3.05, 3.63) is 17.0 Å². The average molecular weight is 306 g/mol. The zero-order valence-electron chi connectivity index (χ0n) is 8.56. The van der Waals surface area contributed by atoms with Gasteiger partial charge < -0.3 is 5.32 Å². The third-order valence-corrected chi connectivity index (χ3v) is 4.86. The topological polar surface area (TPSA) is 72.0 Å². The van der Waals surface area contributed by atoms with Crippen LogP contribution in [0.2, 0.25) is 0 Å². The second-order valence-corrected chi connectivity index (χ2v) is 6.95. The van der Waals surface area contributed by atoms with Crippen LogP contribution in [-0.4, -0.2) is 35.9 Å². The number of hydrogen-bond acceptors (Lipinski definition) is 5. The van der Waals surface area contributed by atoms with Crippen molar-refractivity contribution < 1.29 is 8.42 Å². The van der Waals surface area contributed by atoms with Crippen molar-refractivity contribution in [2.24, 2.45) is 0 Å². The monoisotopic (exact) mass is 305 g/mol. The molecule has 0 amide bonds. The summed E-state index contributed by atoms with van der Waals surface area (Å²) in [5, 5.41) is 3.22. The highest BCUT2D eigenvalue weighted by Gasteiger charge is 2.23. The highest BCUT2D eigenvalue weighted by Crippen LogP contribution is 2.21. The minimum atomic E-state index is -2.80. The molecular formula is C9H12BrN3O2S. The van der Waals surface area contributed by atoms with E-state index in [1.807, 2.05) is 0 Å². The fourth-order valence-corrected chi connectivity index (χ4v) is 3.47. The van der Waals surface area contributed by atoms with Gasteiger partial charge in [-0.2, -0.15) is 0 Å². The Morgan fingerprint density at radius 2 is 2.06 bits per heavy atom. The van der Waals surface area contributed by atoms with Crippen molar-refractivity contribution in [2.75, 3.05) is 16.8 Å². The molecule has 1 fully saturated rings. The van der Waals surface area contributed by atoms with E-state index < -0.39 is 9.84 Å². The van der Waals surface area contributed by atoms with Crippen molar-refractivity contribution in [3.63, 3.8) is 0 Å². The van der Waals surface area contributed by atoms with E-state index in [4.69, 9.17) is 0 Å². The molecule has 0 atom stereocenters. The Morgan fingerprint density at radius 1 is 1.38 bits per heavy atom. The molecule has 16 heavy (non-hydrogen) atoms. The quantitative estimate of drug-likeness (QED) is 0.890. The summed E-state index contributed by atoms with van der Waals surface area (Å²) in [6.07, 6.45) is 4.40. The summed E-state index contributed by atoms with van der Waals surface area (Å²) in [6.45, 7) is 0. The molecule has 5 nitrogen and oxygen atoms in total. The van der Waals surface area contributed by atoms with Gasteiger partial charge in [0.05, 0.1) is 16.0 Å². The largest absolute Gasteiger partial charge is 0.366 e. The first-order valence-corrected chi connectivity index (χ1v) is 7.61. The Bertz CT molecular complexity index is 463. The third-order valence-electron chi connectivity index (χ3n) is 2.56. The molecule has 0 radical (unpaired) electrons. The molecule has 1 aliphatic rings. The van der Waals surface area contributed by atoms with E-state index in [2.05, 4.69) is 31.2 Å². The molecule has 0 bridgehead atoms. The maximum Gasteiger partial charge on any atom is 0.150 e. The predicted octanol–water partition coefficient (Wildman–Crippen LogP) is 1.23. The fraction of sp³-hybridized carbons (Fsp3) is 0.556. The van der Waals surface area contributed by atoms with Gasteiger partial charge >= 0.3 is 0 Å². The maximum absolute atomic E-state index is 11.3. The molecule has 7 heteroatoms. The van der Waals surface area contributed by atoms with Crippen LogP contribution in [0.5, 0.6) is 0 Å². The highest BCUT2D eigenvalue weighted by molar-refractivity contribution is 9.10. The Morgan fingerprint density at radius 3 is 2.69 bits per heavy atom. The van der Waals surface area contributed by atoms with Gasteiger partial charge in [0.25, 0.3) is 0 Å². The highest BCUT2D eigenvalue weighted by atomic mass is 79.9. The van der Waals surface area contributed by atoms with E-state index in [1.54, 1.807) is 6.20 Å². The minimum absolute atomic E-state index is 0.176. The molecule has 0 aliphatic carbocycles. The van der Waals surface area contributed by atoms with Crippen LogP contribution in [0.15, 0.2) is 17.0 Å². The molecule has 1 saturated heterocycles. The van der Waals surface area contributed by atoms with E-state index in [-0.39, 0.29) is 17.5 Å². The number of halogens is 1. The molecule has 1 aliphatic heterocycles. The van der Waals surface area contributed by atoms with Gasteiger partial charge in [0.15, 0.2) is 0 Å². The maximum atomic E-state index is 11.3. The Kier molecular flexibility index (Phi) is 3.44. The third kappa shape index (κ3) is 2.91. The summed E-state index contributed by atoms with van der Waals surface area (Å²) < 4.78 is 23.3. The summed E-state index contributed by atoms with van der Waals surface area (Å²) >= 11 is 3.34. The summed E-state index contributed by atoms with van der Waals surface area (Å²) in [4.78, 5) is 7.96. The lowest BCUT2D eigenvalue weighted by Gasteiger charge is -2.23. The molecular weight excluding hydrogens is 294 g/mol. The van der Waals surface area contributed by atoms with Gasteiger partial charge in [-0.25, -0.2) is 18.4 Å². The van der Waals surface area contributed by atoms with Crippen LogP contribution in [0.1, 0.15) is 12.8 Å². The second-order valence-electron chi connectivity index (χ2n) is 3.79. The molecule has 0 saturated carbocycles. The van der Waals surface area contributed by atoms with Crippen LogP contribution < -0.4 is 5.32 Å². The number of anilines is 1. The van der Waals surface area contributed by atoms with Crippen LogP contribution in [0, 0.1) is 0 Å². The average Bonchev–Trinajstić information content (AvgIpc) is 2.24. The molecule has 88 valence electrons. The van der Waals surface area contributed by atoms with Gasteiger partial charge in [0, 0.05) is 12.2 Å². The van der Waals surface area contributed by atoms with Crippen LogP contribution in [-0.2, 0) is 9.84 Å². The van der Waals surface area contributed by atoms with E-state index in [0.29, 0.717) is 12.8 Å². The van der Waals surface area contributed by atoms with Gasteiger partial charge in [-0.1, -0.05) is 0 Å². The molecule has 1 aromatic rings. The standard InChI is InChI=1S/C9H12BrN3O2S/c10-8-5-11-6-12-9(8)13-7-1-3-16(14,15)4-2-7/h5-7H,1-4H2,(H,11,12,13). The molecule has 0 unspecified atom stereocenters. The van der Waals surface area contributed by atoms with E-state index in [0.717, 1.165) is 10.3 Å². The van der Waals surface area contributed by atoms with E-state index in [9.17, 15) is 8.42 Å². The lowest BCUT2D eigenvalue weighted by molar-refractivity contribution is 0.559. The van der Waals surface area contributed by atoms with Crippen molar-refractivity contribution >= 4 is 31.6 Å². The molecule has 0 aromatic carbocycles. The van der Waals surface area contributed by atoms with Gasteiger partial charge in [-0.05, 0) is 28.8 Å². The van der Waals surface area contributed by atoms with Gasteiger partial charge in [-0.15, -0.1) is 0 Å². The first-order chi connectivity index (χ1) is 7.57. The van der Waals surface area contributed by atoms with E-state index in [1.165, 1.54) is 6.33 Å². The van der Waals surface area contributed by atoms with Crippen molar-refractivity contribution in [3.8, 4) is 0 Å². The lowest BCUT2D eigenvalue weighted by Crippen LogP contribution is -2.32. The number of sulfone groups is 1. The molecule has 1 N–H and O–H groups in total. The fourth-order valence-electron chi connectivity index (χ4n) is 1.65. The van der Waals surface area contributed by atoms with Gasteiger partial charge in [-0.3, -0.25) is 0 Å². The first-order valence-electron chi connectivity index (χ1n) is 4.99. The van der Waals surface area contributed by atoms with Crippen LogP contribution >= 0.6 is 15.9 Å². The van der Waals surface area contributed by atoms with Crippen LogP contribution in [0.3, 0.4) is 0 Å². The summed E-state index contributed by atoms with van der Waals surface area (Å²) in [7, 11) is -2.80.